The lowest BCUT2D eigenvalue weighted by atomic mass is 10.1. The van der Waals surface area contributed by atoms with Crippen LogP contribution < -0.4 is 5.43 Å². The summed E-state index contributed by atoms with van der Waals surface area (Å²) in [7, 11) is 0. The van der Waals surface area contributed by atoms with Gasteiger partial charge in [0.15, 0.2) is 10.4 Å². The number of furan rings is 1. The molecule has 3 aromatic rings. The summed E-state index contributed by atoms with van der Waals surface area (Å²) >= 11 is 3.18. The Morgan fingerprint density at radius 2 is 1.90 bits per heavy atom. The zero-order valence-corrected chi connectivity index (χ0v) is 12.4. The van der Waals surface area contributed by atoms with Gasteiger partial charge in [0.05, 0.1) is 5.39 Å². The van der Waals surface area contributed by atoms with Gasteiger partial charge in [0, 0.05) is 0 Å². The minimum Gasteiger partial charge on any atom is -0.501 e. The quantitative estimate of drug-likeness (QED) is 0.726. The summed E-state index contributed by atoms with van der Waals surface area (Å²) in [5.74, 6) is -0.0992. The summed E-state index contributed by atoms with van der Waals surface area (Å²) in [6.07, 6.45) is 0. The van der Waals surface area contributed by atoms with Crippen LogP contribution in [0.15, 0.2) is 42.6 Å². The van der Waals surface area contributed by atoms with Crippen molar-refractivity contribution in [3.8, 4) is 17.3 Å². The Morgan fingerprint density at radius 3 is 2.55 bits per heavy atom. The zero-order chi connectivity index (χ0) is 14.4. The molecule has 0 aliphatic carbocycles. The second-order valence-electron chi connectivity index (χ2n) is 4.67. The molecule has 102 valence electrons. The summed E-state index contributed by atoms with van der Waals surface area (Å²) in [5.41, 5.74) is 1.78. The van der Waals surface area contributed by atoms with Gasteiger partial charge in [0.1, 0.15) is 5.58 Å². The molecular weight excluding hydrogens is 324 g/mol. The van der Waals surface area contributed by atoms with Crippen LogP contribution in [0.3, 0.4) is 0 Å². The van der Waals surface area contributed by atoms with Gasteiger partial charge >= 0.3 is 0 Å². The first-order chi connectivity index (χ1) is 9.47. The molecule has 0 aliphatic heterocycles. The van der Waals surface area contributed by atoms with E-state index in [1.165, 1.54) is 0 Å². The van der Waals surface area contributed by atoms with Crippen molar-refractivity contribution in [1.29, 1.82) is 0 Å². The Kier molecular flexibility index (Phi) is 2.94. The normalized spacial score (nSPS) is 11.2. The average Bonchev–Trinajstić information content (AvgIpc) is 2.81. The molecule has 0 radical (unpaired) electrons. The van der Waals surface area contributed by atoms with Crippen molar-refractivity contribution >= 4 is 26.9 Å². The molecule has 3 rings (SSSR count). The topological polar surface area (TPSA) is 63.6 Å². The minimum absolute atomic E-state index is 0.0418. The van der Waals surface area contributed by atoms with Crippen LogP contribution in [0, 0.1) is 13.8 Å². The highest BCUT2D eigenvalue weighted by Gasteiger charge is 2.19. The molecule has 0 unspecified atom stereocenters. The molecule has 0 saturated heterocycles. The largest absolute Gasteiger partial charge is 0.501 e. The molecule has 4 nitrogen and oxygen atoms in total. The third-order valence-electron chi connectivity index (χ3n) is 3.09. The van der Waals surface area contributed by atoms with Crippen LogP contribution in [0.4, 0.5) is 0 Å². The number of fused-ring (bicyclic) bond motifs is 1. The highest BCUT2D eigenvalue weighted by atomic mass is 79.9. The van der Waals surface area contributed by atoms with Crippen molar-refractivity contribution in [2.75, 3.05) is 0 Å². The van der Waals surface area contributed by atoms with Crippen molar-refractivity contribution in [3.05, 3.63) is 50.3 Å². The van der Waals surface area contributed by atoms with Gasteiger partial charge in [-0.15, -0.1) is 0 Å². The lowest BCUT2D eigenvalue weighted by Gasteiger charge is -2.06. The van der Waals surface area contributed by atoms with E-state index in [-0.39, 0.29) is 5.76 Å². The number of aryl methyl sites for hydroxylation is 2. The van der Waals surface area contributed by atoms with Crippen LogP contribution in [-0.2, 0) is 0 Å². The van der Waals surface area contributed by atoms with E-state index in [4.69, 9.17) is 8.83 Å². The van der Waals surface area contributed by atoms with Gasteiger partial charge in [0.2, 0.25) is 16.9 Å². The van der Waals surface area contributed by atoms with E-state index in [2.05, 4.69) is 15.9 Å². The highest BCUT2D eigenvalue weighted by Crippen LogP contribution is 2.33. The fourth-order valence-corrected chi connectivity index (χ4v) is 2.55. The van der Waals surface area contributed by atoms with Gasteiger partial charge < -0.3 is 13.9 Å². The van der Waals surface area contributed by atoms with Crippen LogP contribution in [0.25, 0.3) is 22.5 Å². The van der Waals surface area contributed by atoms with Crippen molar-refractivity contribution in [3.63, 3.8) is 0 Å². The molecule has 0 amide bonds. The number of rotatable bonds is 1. The van der Waals surface area contributed by atoms with Crippen molar-refractivity contribution < 1.29 is 13.9 Å². The van der Waals surface area contributed by atoms with Crippen LogP contribution in [0.1, 0.15) is 11.1 Å². The van der Waals surface area contributed by atoms with Crippen molar-refractivity contribution in [2.45, 2.75) is 13.8 Å². The number of aromatic hydroxyl groups is 1. The first-order valence-corrected chi connectivity index (χ1v) is 6.79. The summed E-state index contributed by atoms with van der Waals surface area (Å²) in [5, 5.41) is 10.4. The van der Waals surface area contributed by atoms with E-state index in [9.17, 15) is 9.90 Å². The van der Waals surface area contributed by atoms with Crippen molar-refractivity contribution in [1.82, 2.24) is 0 Å². The monoisotopic (exact) mass is 334 g/mol. The fraction of sp³-hybridized carbons (Fsp3) is 0.133. The second-order valence-corrected chi connectivity index (χ2v) is 5.45. The molecule has 0 saturated carbocycles. The van der Waals surface area contributed by atoms with E-state index >= 15 is 0 Å². The molecule has 2 heterocycles. The molecule has 20 heavy (non-hydrogen) atoms. The lowest BCUT2D eigenvalue weighted by molar-refractivity contribution is 0.437. The molecule has 0 fully saturated rings. The molecule has 0 bridgehead atoms. The van der Waals surface area contributed by atoms with Crippen LogP contribution in [0.2, 0.25) is 0 Å². The predicted octanol–water partition coefficient (Wildman–Crippen LogP) is 4.14. The SMILES string of the molecule is Cc1cc(C)c2oc(-c3ccc(Br)o3)c(O)c(=O)c2c1. The summed E-state index contributed by atoms with van der Waals surface area (Å²) < 4.78 is 11.5. The Labute approximate surface area is 122 Å². The van der Waals surface area contributed by atoms with Gasteiger partial charge in [-0.1, -0.05) is 6.07 Å². The molecule has 0 atom stereocenters. The van der Waals surface area contributed by atoms with E-state index in [0.29, 0.717) is 21.4 Å². The number of halogens is 1. The molecule has 1 aromatic carbocycles. The first-order valence-electron chi connectivity index (χ1n) is 6.00. The Hall–Kier alpha value is -2.01. The van der Waals surface area contributed by atoms with E-state index in [1.54, 1.807) is 18.2 Å². The zero-order valence-electron chi connectivity index (χ0n) is 10.9. The second kappa shape index (κ2) is 4.52. The van der Waals surface area contributed by atoms with Gasteiger partial charge in [-0.3, -0.25) is 4.79 Å². The number of hydrogen-bond acceptors (Lipinski definition) is 4. The molecule has 0 aliphatic rings. The maximum absolute atomic E-state index is 12.3. The maximum atomic E-state index is 12.3. The summed E-state index contributed by atoms with van der Waals surface area (Å²) in [4.78, 5) is 12.3. The first kappa shape index (κ1) is 13.0. The molecular formula is C15H11BrO4. The van der Waals surface area contributed by atoms with Crippen LogP contribution in [-0.4, -0.2) is 5.11 Å². The molecule has 0 spiro atoms. The van der Waals surface area contributed by atoms with E-state index < -0.39 is 11.2 Å². The van der Waals surface area contributed by atoms with E-state index in [0.717, 1.165) is 11.1 Å². The molecule has 5 heteroatoms. The number of hydrogen-bond donors (Lipinski definition) is 1. The highest BCUT2D eigenvalue weighted by molar-refractivity contribution is 9.10. The van der Waals surface area contributed by atoms with Gasteiger partial charge in [-0.2, -0.15) is 0 Å². The standard InChI is InChI=1S/C15H11BrO4/c1-7-5-8(2)14-9(6-7)12(17)13(18)15(20-14)10-3-4-11(16)19-10/h3-6,18H,1-2H3. The third kappa shape index (κ3) is 1.94. The average molecular weight is 335 g/mol. The van der Waals surface area contributed by atoms with Gasteiger partial charge in [-0.25, -0.2) is 0 Å². The molecule has 1 N–H and O–H groups in total. The Morgan fingerprint density at radius 1 is 1.15 bits per heavy atom. The third-order valence-corrected chi connectivity index (χ3v) is 3.52. The van der Waals surface area contributed by atoms with Crippen molar-refractivity contribution in [2.24, 2.45) is 0 Å². The Balaban J connectivity index is 2.41. The van der Waals surface area contributed by atoms with Crippen LogP contribution >= 0.6 is 15.9 Å². The lowest BCUT2D eigenvalue weighted by Crippen LogP contribution is -2.03. The summed E-state index contributed by atoms with van der Waals surface area (Å²) in [6.45, 7) is 3.75. The molecule has 2 aromatic heterocycles. The van der Waals surface area contributed by atoms with Gasteiger partial charge in [0.25, 0.3) is 0 Å². The van der Waals surface area contributed by atoms with E-state index in [1.807, 2.05) is 19.9 Å². The van der Waals surface area contributed by atoms with Gasteiger partial charge in [-0.05, 0) is 59.1 Å². The van der Waals surface area contributed by atoms with Crippen LogP contribution in [0.5, 0.6) is 5.75 Å². The maximum Gasteiger partial charge on any atom is 0.235 e. The smallest absolute Gasteiger partial charge is 0.235 e. The Bertz CT molecular complexity index is 873. The number of benzene rings is 1. The summed E-state index contributed by atoms with van der Waals surface area (Å²) in [6, 6.07) is 6.91. The fourth-order valence-electron chi connectivity index (χ4n) is 2.24. The predicted molar refractivity (Wildman–Crippen MR) is 79.0 cm³/mol. The minimum atomic E-state index is -0.458.